The Morgan fingerprint density at radius 2 is 2.36 bits per heavy atom. The van der Waals surface area contributed by atoms with E-state index < -0.39 is 0 Å². The van der Waals surface area contributed by atoms with Crippen molar-refractivity contribution >= 4 is 5.97 Å². The van der Waals surface area contributed by atoms with Crippen molar-refractivity contribution in [3.63, 3.8) is 0 Å². The molecule has 0 amide bonds. The summed E-state index contributed by atoms with van der Waals surface area (Å²) in [4.78, 5) is 10.8. The van der Waals surface area contributed by atoms with E-state index in [1.165, 1.54) is 6.08 Å². The van der Waals surface area contributed by atoms with Gasteiger partial charge in [-0.15, -0.1) is 0 Å². The summed E-state index contributed by atoms with van der Waals surface area (Å²) in [5, 5.41) is 3.73. The van der Waals surface area contributed by atoms with Crippen molar-refractivity contribution in [2.24, 2.45) is 0 Å². The van der Waals surface area contributed by atoms with Gasteiger partial charge in [-0.25, -0.2) is 0 Å². The van der Waals surface area contributed by atoms with E-state index in [0.29, 0.717) is 0 Å². The molecule has 1 atom stereocenters. The maximum Gasteiger partial charge on any atom is 1.00 e. The van der Waals surface area contributed by atoms with Gasteiger partial charge < -0.3 is 10.1 Å². The van der Waals surface area contributed by atoms with Crippen molar-refractivity contribution in [1.29, 1.82) is 0 Å². The maximum absolute atomic E-state index is 10.8. The molecule has 0 N–H and O–H groups in total. The second kappa shape index (κ2) is 8.27. The van der Waals surface area contributed by atoms with Crippen LogP contribution in [0.4, 0.5) is 0 Å². The van der Waals surface area contributed by atoms with Gasteiger partial charge >= 0.3 is 29.6 Å². The first-order valence-electron chi connectivity index (χ1n) is 3.08. The normalized spacial score (nSPS) is 11.1. The van der Waals surface area contributed by atoms with Crippen molar-refractivity contribution in [2.75, 3.05) is 13.7 Å². The Bertz CT molecular complexity index is 128. The minimum absolute atomic E-state index is 0. The summed E-state index contributed by atoms with van der Waals surface area (Å²) in [5.74, 6) is -0.303. The van der Waals surface area contributed by atoms with Crippen LogP contribution in [0.2, 0.25) is 0 Å². The van der Waals surface area contributed by atoms with Crippen molar-refractivity contribution in [2.45, 2.75) is 13.0 Å². The number of nitrogens with zero attached hydrogens (tertiary/aromatic N) is 1. The van der Waals surface area contributed by atoms with Crippen LogP contribution >= 0.6 is 0 Å². The summed E-state index contributed by atoms with van der Waals surface area (Å²) in [6, 6.07) is -0.361. The molecule has 4 heteroatoms. The fourth-order valence-electron chi connectivity index (χ4n) is 0.367. The molecule has 0 unspecified atom stereocenters. The Morgan fingerprint density at radius 3 is 2.73 bits per heavy atom. The van der Waals surface area contributed by atoms with E-state index in [1.807, 2.05) is 0 Å². The van der Waals surface area contributed by atoms with Crippen LogP contribution in [0.1, 0.15) is 6.92 Å². The quantitative estimate of drug-likeness (QED) is 0.278. The first kappa shape index (κ1) is 13.7. The molecule has 58 valence electrons. The van der Waals surface area contributed by atoms with Gasteiger partial charge in [-0.1, -0.05) is 19.6 Å². The number of esters is 1. The molecule has 0 heterocycles. The molecule has 0 aromatic rings. The second-order valence-corrected chi connectivity index (χ2v) is 1.85. The smallest absolute Gasteiger partial charge is 0.653 e. The van der Waals surface area contributed by atoms with Gasteiger partial charge in [0.1, 0.15) is 6.61 Å². The number of rotatable bonds is 4. The van der Waals surface area contributed by atoms with Crippen LogP contribution in [0.15, 0.2) is 12.7 Å². The van der Waals surface area contributed by atoms with Crippen molar-refractivity contribution < 1.29 is 39.1 Å². The maximum atomic E-state index is 10.8. The Kier molecular flexibility index (Phi) is 10.3. The van der Waals surface area contributed by atoms with E-state index in [9.17, 15) is 4.79 Å². The molecule has 0 saturated heterocycles. The van der Waals surface area contributed by atoms with Crippen LogP contribution in [0.25, 0.3) is 5.32 Å². The number of ether oxygens (including phenoxy) is 1. The van der Waals surface area contributed by atoms with Crippen molar-refractivity contribution in [1.82, 2.24) is 0 Å². The standard InChI is InChI=1S/C7H12NO2.Na/c1-4-5-10-7(9)6(2)8-3;/h4,6H,1,5H2,2-3H3;/q-1;+1/t6-;/m0./s1. The third-order valence-electron chi connectivity index (χ3n) is 1.07. The molecule has 0 aromatic heterocycles. The molecule has 3 nitrogen and oxygen atoms in total. The second-order valence-electron chi connectivity index (χ2n) is 1.85. The fourth-order valence-corrected chi connectivity index (χ4v) is 0.367. The number of hydrogen-bond donors (Lipinski definition) is 0. The number of carbonyl (C=O) groups excluding carboxylic acids is 1. The third kappa shape index (κ3) is 6.56. The molecule has 0 fully saturated rings. The summed E-state index contributed by atoms with van der Waals surface area (Å²) < 4.78 is 4.69. The molecular weight excluding hydrogens is 153 g/mol. The van der Waals surface area contributed by atoms with E-state index in [2.05, 4.69) is 11.9 Å². The molecule has 11 heavy (non-hydrogen) atoms. The summed E-state index contributed by atoms with van der Waals surface area (Å²) in [7, 11) is 1.58. The van der Waals surface area contributed by atoms with Gasteiger partial charge in [0.15, 0.2) is 0 Å². The van der Waals surface area contributed by atoms with Crippen molar-refractivity contribution in [3.8, 4) is 0 Å². The van der Waals surface area contributed by atoms with Gasteiger partial charge in [-0.3, -0.25) is 4.79 Å². The molecule has 0 aromatic carbocycles. The van der Waals surface area contributed by atoms with E-state index in [-0.39, 0.29) is 48.2 Å². The van der Waals surface area contributed by atoms with Crippen LogP contribution in [0, 0.1) is 0 Å². The van der Waals surface area contributed by atoms with E-state index in [0.717, 1.165) is 0 Å². The molecule has 0 aliphatic rings. The zero-order valence-electron chi connectivity index (χ0n) is 7.33. The van der Waals surface area contributed by atoms with Crippen molar-refractivity contribution in [3.05, 3.63) is 18.0 Å². The van der Waals surface area contributed by atoms with Gasteiger partial charge in [0.05, 0.1) is 0 Å². The molecule has 0 rings (SSSR count). The van der Waals surface area contributed by atoms with Gasteiger partial charge in [-0.05, 0) is 6.04 Å². The Balaban J connectivity index is 0. The minimum Gasteiger partial charge on any atom is -0.653 e. The van der Waals surface area contributed by atoms with Crippen LogP contribution in [0.5, 0.6) is 0 Å². The number of carbonyl (C=O) groups is 1. The SMILES string of the molecule is C=CCOC(=O)[C@H](C)[N-]C.[Na+]. The molecule has 0 aliphatic heterocycles. The molecule has 0 aliphatic carbocycles. The fraction of sp³-hybridized carbons (Fsp3) is 0.571. The molecule has 0 radical (unpaired) electrons. The van der Waals surface area contributed by atoms with Gasteiger partial charge in [0, 0.05) is 0 Å². The van der Waals surface area contributed by atoms with Gasteiger partial charge in [-0.2, -0.15) is 7.05 Å². The zero-order chi connectivity index (χ0) is 7.98. The molecule has 0 saturated carbocycles. The minimum atomic E-state index is -0.361. The first-order chi connectivity index (χ1) is 4.72. The average molecular weight is 165 g/mol. The van der Waals surface area contributed by atoms with Gasteiger partial charge in [0.25, 0.3) is 5.97 Å². The predicted molar refractivity (Wildman–Crippen MR) is 39.9 cm³/mol. The summed E-state index contributed by atoms with van der Waals surface area (Å²) in [6.07, 6.45) is 1.53. The monoisotopic (exact) mass is 165 g/mol. The van der Waals surface area contributed by atoms with E-state index in [4.69, 9.17) is 4.74 Å². The van der Waals surface area contributed by atoms with Crippen LogP contribution < -0.4 is 29.6 Å². The Morgan fingerprint density at radius 1 is 1.82 bits per heavy atom. The van der Waals surface area contributed by atoms with Crippen LogP contribution in [-0.2, 0) is 9.53 Å². The largest absolute Gasteiger partial charge is 1.00 e. The predicted octanol–water partition coefficient (Wildman–Crippen LogP) is -1.89. The molecule has 0 spiro atoms. The third-order valence-corrected chi connectivity index (χ3v) is 1.07. The molecule has 0 bridgehead atoms. The summed E-state index contributed by atoms with van der Waals surface area (Å²) in [5.41, 5.74) is 0. The number of likely N-dealkylation sites (N-methyl/N-ethyl adjacent to an activating group) is 1. The van der Waals surface area contributed by atoms with E-state index in [1.54, 1.807) is 14.0 Å². The summed E-state index contributed by atoms with van der Waals surface area (Å²) >= 11 is 0. The average Bonchev–Trinajstić information content (AvgIpc) is 1.98. The Hall–Kier alpha value is 0.170. The van der Waals surface area contributed by atoms with Gasteiger partial charge in [0.2, 0.25) is 0 Å². The number of hydrogen-bond acceptors (Lipinski definition) is 2. The first-order valence-corrected chi connectivity index (χ1v) is 3.08. The molecular formula is C7H12NNaO2. The summed E-state index contributed by atoms with van der Waals surface area (Å²) in [6.45, 7) is 5.36. The van der Waals surface area contributed by atoms with Crippen LogP contribution in [-0.4, -0.2) is 25.7 Å². The zero-order valence-corrected chi connectivity index (χ0v) is 9.33. The van der Waals surface area contributed by atoms with Crippen LogP contribution in [0.3, 0.4) is 0 Å². The Labute approximate surface area is 89.5 Å². The van der Waals surface area contributed by atoms with E-state index >= 15 is 0 Å². The topological polar surface area (TPSA) is 40.4 Å².